The van der Waals surface area contributed by atoms with Gasteiger partial charge in [-0.15, -0.1) is 11.3 Å². The summed E-state index contributed by atoms with van der Waals surface area (Å²) in [5.41, 5.74) is 0.940. The topological polar surface area (TPSA) is 61.6 Å². The van der Waals surface area contributed by atoms with Gasteiger partial charge in [-0.1, -0.05) is 6.07 Å². The molecule has 2 aromatic heterocycles. The lowest BCUT2D eigenvalue weighted by Crippen LogP contribution is -2.51. The van der Waals surface area contributed by atoms with Crippen LogP contribution in [0.1, 0.15) is 12.6 Å². The molecule has 6 nitrogen and oxygen atoms in total. The quantitative estimate of drug-likeness (QED) is 0.938. The van der Waals surface area contributed by atoms with E-state index in [0.29, 0.717) is 12.4 Å². The van der Waals surface area contributed by atoms with E-state index in [1.165, 1.54) is 0 Å². The van der Waals surface area contributed by atoms with Gasteiger partial charge >= 0.3 is 6.03 Å². The summed E-state index contributed by atoms with van der Waals surface area (Å²) in [4.78, 5) is 21.5. The van der Waals surface area contributed by atoms with Crippen LogP contribution in [0.4, 0.5) is 4.79 Å². The van der Waals surface area contributed by atoms with E-state index in [1.54, 1.807) is 17.6 Å². The van der Waals surface area contributed by atoms with Crippen LogP contribution in [0.2, 0.25) is 0 Å². The fourth-order valence-corrected chi connectivity index (χ4v) is 3.15. The Morgan fingerprint density at radius 2 is 2.23 bits per heavy atom. The van der Waals surface area contributed by atoms with E-state index in [2.05, 4.69) is 15.2 Å². The van der Waals surface area contributed by atoms with Crippen molar-refractivity contribution >= 4 is 17.4 Å². The lowest BCUT2D eigenvalue weighted by atomic mass is 10.3. The van der Waals surface area contributed by atoms with Gasteiger partial charge in [-0.3, -0.25) is 4.90 Å². The first kappa shape index (κ1) is 15.1. The van der Waals surface area contributed by atoms with Gasteiger partial charge in [0.2, 0.25) is 5.89 Å². The predicted molar refractivity (Wildman–Crippen MR) is 85.7 cm³/mol. The maximum absolute atomic E-state index is 11.8. The molecule has 0 spiro atoms. The first-order valence-electron chi connectivity index (χ1n) is 7.49. The van der Waals surface area contributed by atoms with Gasteiger partial charge in [-0.2, -0.15) is 0 Å². The summed E-state index contributed by atoms with van der Waals surface area (Å²) in [6.45, 7) is 6.59. The number of carbonyl (C=O) groups is 1. The molecule has 2 aromatic rings. The SMILES string of the molecule is CCNC(=O)N1CCN(Cc2coc(-c3cccs3)n2)CC1. The Kier molecular flexibility index (Phi) is 4.74. The number of oxazole rings is 1. The Morgan fingerprint density at radius 1 is 1.41 bits per heavy atom. The standard InChI is InChI=1S/C15H20N4O2S/c1-2-16-15(20)19-7-5-18(6-8-19)10-12-11-21-14(17-12)13-4-3-9-22-13/h3-4,9,11H,2,5-8,10H2,1H3,(H,16,20). The second kappa shape index (κ2) is 6.93. The monoisotopic (exact) mass is 320 g/mol. The van der Waals surface area contributed by atoms with E-state index in [-0.39, 0.29) is 6.03 Å². The second-order valence-corrected chi connectivity index (χ2v) is 6.17. The molecule has 2 amide bonds. The number of hydrogen-bond donors (Lipinski definition) is 1. The number of amides is 2. The minimum Gasteiger partial charge on any atom is -0.444 e. The molecule has 0 unspecified atom stereocenters. The Labute approximate surface area is 133 Å². The zero-order chi connectivity index (χ0) is 15.4. The summed E-state index contributed by atoms with van der Waals surface area (Å²) in [6, 6.07) is 4.03. The van der Waals surface area contributed by atoms with Crippen LogP contribution in [0.5, 0.6) is 0 Å². The molecule has 1 aliphatic rings. The van der Waals surface area contributed by atoms with E-state index in [0.717, 1.165) is 43.3 Å². The van der Waals surface area contributed by atoms with Crippen molar-refractivity contribution in [2.45, 2.75) is 13.5 Å². The maximum Gasteiger partial charge on any atom is 0.317 e. The van der Waals surface area contributed by atoms with Crippen molar-refractivity contribution < 1.29 is 9.21 Å². The number of carbonyl (C=O) groups excluding carboxylic acids is 1. The molecule has 0 saturated carbocycles. The number of nitrogens with zero attached hydrogens (tertiary/aromatic N) is 3. The van der Waals surface area contributed by atoms with Crippen LogP contribution in [0.3, 0.4) is 0 Å². The molecule has 22 heavy (non-hydrogen) atoms. The zero-order valence-electron chi connectivity index (χ0n) is 12.6. The molecule has 1 aliphatic heterocycles. The van der Waals surface area contributed by atoms with E-state index in [1.807, 2.05) is 29.3 Å². The number of piperazine rings is 1. The third kappa shape index (κ3) is 3.48. The summed E-state index contributed by atoms with van der Waals surface area (Å²) >= 11 is 1.62. The largest absolute Gasteiger partial charge is 0.444 e. The normalized spacial score (nSPS) is 16.0. The minimum absolute atomic E-state index is 0.0311. The third-order valence-corrected chi connectivity index (χ3v) is 4.51. The number of nitrogens with one attached hydrogen (secondary N) is 1. The molecule has 0 atom stereocenters. The van der Waals surface area contributed by atoms with Crippen molar-refractivity contribution in [1.82, 2.24) is 20.1 Å². The highest BCUT2D eigenvalue weighted by atomic mass is 32.1. The Bertz CT molecular complexity index is 603. The zero-order valence-corrected chi connectivity index (χ0v) is 13.4. The molecular weight excluding hydrogens is 300 g/mol. The minimum atomic E-state index is 0.0311. The molecule has 1 N–H and O–H groups in total. The average molecular weight is 320 g/mol. The summed E-state index contributed by atoms with van der Waals surface area (Å²) in [5.74, 6) is 0.686. The van der Waals surface area contributed by atoms with Gasteiger partial charge in [-0.25, -0.2) is 9.78 Å². The van der Waals surface area contributed by atoms with E-state index in [4.69, 9.17) is 4.42 Å². The summed E-state index contributed by atoms with van der Waals surface area (Å²) < 4.78 is 5.54. The number of urea groups is 1. The van der Waals surface area contributed by atoms with Gasteiger partial charge < -0.3 is 14.6 Å². The predicted octanol–water partition coefficient (Wildman–Crippen LogP) is 2.25. The van der Waals surface area contributed by atoms with Crippen molar-refractivity contribution in [3.8, 4) is 10.8 Å². The third-order valence-electron chi connectivity index (χ3n) is 3.66. The fourth-order valence-electron chi connectivity index (χ4n) is 2.49. The number of hydrogen-bond acceptors (Lipinski definition) is 5. The molecule has 3 rings (SSSR count). The number of rotatable bonds is 4. The van der Waals surface area contributed by atoms with Gasteiger partial charge in [0, 0.05) is 39.3 Å². The molecule has 118 valence electrons. The Hall–Kier alpha value is -1.86. The van der Waals surface area contributed by atoms with Crippen molar-refractivity contribution in [3.63, 3.8) is 0 Å². The molecule has 0 aliphatic carbocycles. The van der Waals surface area contributed by atoms with Gasteiger partial charge in [-0.05, 0) is 18.4 Å². The molecule has 1 saturated heterocycles. The van der Waals surface area contributed by atoms with Crippen molar-refractivity contribution in [1.29, 1.82) is 0 Å². The maximum atomic E-state index is 11.8. The highest BCUT2D eigenvalue weighted by molar-refractivity contribution is 7.13. The molecule has 3 heterocycles. The fraction of sp³-hybridized carbons (Fsp3) is 0.467. The van der Waals surface area contributed by atoms with Crippen LogP contribution < -0.4 is 5.32 Å². The first-order valence-corrected chi connectivity index (χ1v) is 8.37. The van der Waals surface area contributed by atoms with E-state index >= 15 is 0 Å². The van der Waals surface area contributed by atoms with Gasteiger partial charge in [0.25, 0.3) is 0 Å². The van der Waals surface area contributed by atoms with Gasteiger partial charge in [0.1, 0.15) is 6.26 Å². The van der Waals surface area contributed by atoms with Crippen molar-refractivity contribution in [2.24, 2.45) is 0 Å². The Morgan fingerprint density at radius 3 is 2.91 bits per heavy atom. The van der Waals surface area contributed by atoms with Crippen LogP contribution in [-0.2, 0) is 6.54 Å². The first-order chi connectivity index (χ1) is 10.8. The number of thiophene rings is 1. The molecule has 0 aromatic carbocycles. The van der Waals surface area contributed by atoms with Crippen molar-refractivity contribution in [3.05, 3.63) is 29.5 Å². The lowest BCUT2D eigenvalue weighted by Gasteiger charge is -2.34. The smallest absolute Gasteiger partial charge is 0.317 e. The molecule has 0 bridgehead atoms. The van der Waals surface area contributed by atoms with Crippen LogP contribution >= 0.6 is 11.3 Å². The van der Waals surface area contributed by atoms with E-state index in [9.17, 15) is 4.79 Å². The summed E-state index contributed by atoms with van der Waals surface area (Å²) in [7, 11) is 0. The van der Waals surface area contributed by atoms with Crippen LogP contribution in [0.15, 0.2) is 28.2 Å². The van der Waals surface area contributed by atoms with Gasteiger partial charge in [0.15, 0.2) is 0 Å². The highest BCUT2D eigenvalue weighted by Crippen LogP contribution is 2.24. The van der Waals surface area contributed by atoms with Gasteiger partial charge in [0.05, 0.1) is 10.6 Å². The molecular formula is C15H20N4O2S. The summed E-state index contributed by atoms with van der Waals surface area (Å²) in [6.07, 6.45) is 1.73. The van der Waals surface area contributed by atoms with Crippen molar-refractivity contribution in [2.75, 3.05) is 32.7 Å². The second-order valence-electron chi connectivity index (χ2n) is 5.22. The summed E-state index contributed by atoms with van der Waals surface area (Å²) in [5, 5.41) is 4.85. The molecule has 1 fully saturated rings. The lowest BCUT2D eigenvalue weighted by molar-refractivity contribution is 0.135. The number of aromatic nitrogens is 1. The Balaban J connectivity index is 1.52. The van der Waals surface area contributed by atoms with Crippen LogP contribution in [0, 0.1) is 0 Å². The molecule has 7 heteroatoms. The van der Waals surface area contributed by atoms with Crippen LogP contribution in [-0.4, -0.2) is 53.5 Å². The van der Waals surface area contributed by atoms with Crippen LogP contribution in [0.25, 0.3) is 10.8 Å². The highest BCUT2D eigenvalue weighted by Gasteiger charge is 2.21. The molecule has 0 radical (unpaired) electrons. The van der Waals surface area contributed by atoms with E-state index < -0.39 is 0 Å². The average Bonchev–Trinajstić information content (AvgIpc) is 3.19.